The lowest BCUT2D eigenvalue weighted by molar-refractivity contribution is -0.390. The minimum Gasteiger partial charge on any atom is -0.372 e. The number of hydrogen-bond donors (Lipinski definition) is 0. The summed E-state index contributed by atoms with van der Waals surface area (Å²) in [5, 5.41) is 19.5. The Kier molecular flexibility index (Phi) is 1.14. The summed E-state index contributed by atoms with van der Waals surface area (Å²) in [5.74, 6) is -0.269. The second kappa shape index (κ2) is 1.81. The molecule has 0 aliphatic carbocycles. The van der Waals surface area contributed by atoms with E-state index in [1.165, 1.54) is 6.92 Å². The molecule has 1 rings (SSSR count). The zero-order valence-corrected chi connectivity index (χ0v) is 4.61. The predicted molar refractivity (Wildman–Crippen MR) is 26.7 cm³/mol. The summed E-state index contributed by atoms with van der Waals surface area (Å²) in [7, 11) is 0. The van der Waals surface area contributed by atoms with Crippen molar-refractivity contribution < 1.29 is 4.92 Å². The van der Waals surface area contributed by atoms with Crippen molar-refractivity contribution in [1.82, 2.24) is 15.4 Å². The van der Waals surface area contributed by atoms with Crippen molar-refractivity contribution in [2.24, 2.45) is 0 Å². The maximum absolute atomic E-state index is 9.95. The molecule has 0 aromatic carbocycles. The van der Waals surface area contributed by atoms with Crippen LogP contribution in [0.2, 0.25) is 0 Å². The number of nitro groups is 1. The molecule has 0 aliphatic heterocycles. The van der Waals surface area contributed by atoms with Crippen LogP contribution in [0, 0.1) is 17.0 Å². The molecule has 48 valence electrons. The Morgan fingerprint density at radius 2 is 2.33 bits per heavy atom. The first-order valence-electron chi connectivity index (χ1n) is 2.19. The summed E-state index contributed by atoms with van der Waals surface area (Å²) < 4.78 is 0. The molecule has 1 heterocycles. The Morgan fingerprint density at radius 3 is 2.56 bits per heavy atom. The topological polar surface area (TPSA) is 83.0 Å². The fraction of sp³-hybridized carbons (Fsp3) is 0.333. The molecule has 6 nitrogen and oxygen atoms in total. The van der Waals surface area contributed by atoms with Gasteiger partial charge in [-0.05, 0) is 11.8 Å². The molecule has 1 aromatic rings. The van der Waals surface area contributed by atoms with E-state index in [-0.39, 0.29) is 11.5 Å². The summed E-state index contributed by atoms with van der Waals surface area (Å²) in [6.07, 6.45) is 0. The number of aromatic nitrogens is 3. The smallest absolute Gasteiger partial charge is 0.369 e. The lowest BCUT2D eigenvalue weighted by atomic mass is 10.5. The number of hydrogen-bond acceptors (Lipinski definition) is 4. The maximum Gasteiger partial charge on any atom is 0.369 e. The van der Waals surface area contributed by atoms with E-state index in [0.29, 0.717) is 0 Å². The average Bonchev–Trinajstić information content (AvgIpc) is 2.13. The van der Waals surface area contributed by atoms with E-state index in [9.17, 15) is 10.1 Å². The summed E-state index contributed by atoms with van der Waals surface area (Å²) in [4.78, 5) is 9.33. The van der Waals surface area contributed by atoms with Crippen molar-refractivity contribution in [1.29, 1.82) is 0 Å². The van der Waals surface area contributed by atoms with Gasteiger partial charge in [0.1, 0.15) is 5.69 Å². The van der Waals surface area contributed by atoms with E-state index in [4.69, 9.17) is 0 Å². The van der Waals surface area contributed by atoms with Crippen LogP contribution in [0.5, 0.6) is 0 Å². The van der Waals surface area contributed by atoms with E-state index in [0.717, 1.165) is 0 Å². The van der Waals surface area contributed by atoms with E-state index in [1.54, 1.807) is 0 Å². The molecule has 0 N–H and O–H groups in total. The van der Waals surface area contributed by atoms with Gasteiger partial charge in [-0.25, -0.2) is 0 Å². The van der Waals surface area contributed by atoms with Crippen molar-refractivity contribution in [3.05, 3.63) is 15.8 Å². The van der Waals surface area contributed by atoms with Crippen molar-refractivity contribution >= 4 is 5.82 Å². The van der Waals surface area contributed by atoms with Crippen LogP contribution < -0.4 is 5.21 Å². The van der Waals surface area contributed by atoms with Crippen molar-refractivity contribution in [2.75, 3.05) is 0 Å². The quantitative estimate of drug-likeness (QED) is 0.380. The molecule has 0 saturated carbocycles. The van der Waals surface area contributed by atoms with Gasteiger partial charge < -0.3 is 20.4 Å². The third-order valence-electron chi connectivity index (χ3n) is 0.831. The molecule has 0 spiro atoms. The summed E-state index contributed by atoms with van der Waals surface area (Å²) in [5.41, 5.74) is 0.250. The van der Waals surface area contributed by atoms with Crippen molar-refractivity contribution in [2.45, 2.75) is 6.92 Å². The third kappa shape index (κ3) is 0.857. The van der Waals surface area contributed by atoms with Gasteiger partial charge in [-0.3, -0.25) is 0 Å². The fourth-order valence-electron chi connectivity index (χ4n) is 0.418. The van der Waals surface area contributed by atoms with Gasteiger partial charge >= 0.3 is 5.82 Å². The maximum atomic E-state index is 9.95. The molecule has 0 saturated heterocycles. The molecule has 1 aromatic heterocycles. The second-order valence-electron chi connectivity index (χ2n) is 1.46. The SMILES string of the molecule is Cc1n[n-]nc1[N+](=O)[O-]. The Hall–Kier alpha value is -1.46. The molecule has 0 fully saturated rings. The largest absolute Gasteiger partial charge is 0.372 e. The lowest BCUT2D eigenvalue weighted by Crippen LogP contribution is -1.89. The number of rotatable bonds is 1. The van der Waals surface area contributed by atoms with Crippen LogP contribution >= 0.6 is 0 Å². The Morgan fingerprint density at radius 1 is 1.67 bits per heavy atom. The fourth-order valence-corrected chi connectivity index (χ4v) is 0.418. The molecule has 0 unspecified atom stereocenters. The normalized spacial score (nSPS) is 9.44. The van der Waals surface area contributed by atoms with Crippen LogP contribution in [0.15, 0.2) is 0 Å². The first kappa shape index (κ1) is 5.67. The van der Waals surface area contributed by atoms with Crippen LogP contribution in [-0.4, -0.2) is 15.1 Å². The van der Waals surface area contributed by atoms with E-state index < -0.39 is 4.92 Å². The molecule has 0 radical (unpaired) electrons. The standard InChI is InChI=1S/C3H3N4O2/c1-2-3(7(8)9)5-6-4-2/h1H3/q-1. The summed E-state index contributed by atoms with van der Waals surface area (Å²) >= 11 is 0. The Labute approximate surface area is 50.0 Å². The first-order chi connectivity index (χ1) is 4.22. The number of aryl methyl sites for hydroxylation is 1. The van der Waals surface area contributed by atoms with Gasteiger partial charge in [0.05, 0.1) is 0 Å². The molecular weight excluding hydrogens is 124 g/mol. The molecule has 0 aliphatic rings. The van der Waals surface area contributed by atoms with Gasteiger partial charge in [0.15, 0.2) is 0 Å². The van der Waals surface area contributed by atoms with Gasteiger partial charge in [-0.2, -0.15) is 0 Å². The Bertz CT molecular complexity index is 229. The number of nitrogens with zero attached hydrogens (tertiary/aromatic N) is 4. The van der Waals surface area contributed by atoms with Crippen LogP contribution in [-0.2, 0) is 0 Å². The highest BCUT2D eigenvalue weighted by Gasteiger charge is 2.06. The second-order valence-corrected chi connectivity index (χ2v) is 1.46. The average molecular weight is 127 g/mol. The first-order valence-corrected chi connectivity index (χ1v) is 2.19. The van der Waals surface area contributed by atoms with Gasteiger partial charge in [0.2, 0.25) is 0 Å². The zero-order chi connectivity index (χ0) is 6.85. The summed E-state index contributed by atoms with van der Waals surface area (Å²) in [6, 6.07) is 0. The Balaban J connectivity index is 3.08. The highest BCUT2D eigenvalue weighted by molar-refractivity contribution is 5.20. The van der Waals surface area contributed by atoms with Crippen LogP contribution in [0.3, 0.4) is 0 Å². The highest BCUT2D eigenvalue weighted by Crippen LogP contribution is 2.06. The van der Waals surface area contributed by atoms with Gasteiger partial charge in [-0.15, -0.1) is 5.10 Å². The van der Waals surface area contributed by atoms with E-state index in [1.807, 2.05) is 0 Å². The van der Waals surface area contributed by atoms with Gasteiger partial charge in [-0.1, -0.05) is 0 Å². The predicted octanol–water partition coefficient (Wildman–Crippen LogP) is -0.350. The molecule has 0 amide bonds. The lowest BCUT2D eigenvalue weighted by Gasteiger charge is -1.86. The van der Waals surface area contributed by atoms with E-state index in [2.05, 4.69) is 15.4 Å². The summed E-state index contributed by atoms with van der Waals surface area (Å²) in [6.45, 7) is 1.48. The zero-order valence-electron chi connectivity index (χ0n) is 4.61. The van der Waals surface area contributed by atoms with Crippen LogP contribution in [0.25, 0.3) is 0 Å². The molecular formula is C3H3N4O2-. The van der Waals surface area contributed by atoms with Crippen molar-refractivity contribution in [3.63, 3.8) is 0 Å². The highest BCUT2D eigenvalue weighted by atomic mass is 16.6. The van der Waals surface area contributed by atoms with Gasteiger partial charge in [0.25, 0.3) is 0 Å². The monoisotopic (exact) mass is 127 g/mol. The van der Waals surface area contributed by atoms with E-state index >= 15 is 0 Å². The van der Waals surface area contributed by atoms with Gasteiger partial charge in [0, 0.05) is 0 Å². The van der Waals surface area contributed by atoms with Crippen molar-refractivity contribution in [3.8, 4) is 0 Å². The molecule has 9 heavy (non-hydrogen) atoms. The minimum atomic E-state index is -0.616. The molecule has 0 bridgehead atoms. The molecule has 6 heteroatoms. The van der Waals surface area contributed by atoms with Crippen LogP contribution in [0.1, 0.15) is 5.69 Å². The molecule has 0 atom stereocenters. The minimum absolute atomic E-state index is 0.250. The third-order valence-corrected chi connectivity index (χ3v) is 0.831. The van der Waals surface area contributed by atoms with Crippen LogP contribution in [0.4, 0.5) is 5.82 Å².